The van der Waals surface area contributed by atoms with Gasteiger partial charge in [0.2, 0.25) is 0 Å². The standard InChI is InChI=1S/C11H22O2/c1-4-11(2,3)10-7-5-6-9(8-12)13-10/h9-10,12H,4-8H2,1-3H3. The Morgan fingerprint density at radius 2 is 2.08 bits per heavy atom. The zero-order valence-electron chi connectivity index (χ0n) is 9.05. The Balaban J connectivity index is 2.50. The molecule has 2 nitrogen and oxygen atoms in total. The van der Waals surface area contributed by atoms with Crippen LogP contribution in [0.1, 0.15) is 46.5 Å². The highest BCUT2D eigenvalue weighted by Gasteiger charge is 2.33. The fourth-order valence-electron chi connectivity index (χ4n) is 1.84. The largest absolute Gasteiger partial charge is 0.394 e. The van der Waals surface area contributed by atoms with Crippen LogP contribution in [0.25, 0.3) is 0 Å². The SMILES string of the molecule is CCC(C)(C)C1CCCC(CO)O1. The number of aliphatic hydroxyl groups excluding tert-OH is 1. The highest BCUT2D eigenvalue weighted by molar-refractivity contribution is 4.82. The zero-order chi connectivity index (χ0) is 9.90. The first-order valence-electron chi connectivity index (χ1n) is 5.36. The van der Waals surface area contributed by atoms with E-state index in [-0.39, 0.29) is 18.1 Å². The van der Waals surface area contributed by atoms with E-state index in [9.17, 15) is 0 Å². The van der Waals surface area contributed by atoms with Gasteiger partial charge in [0, 0.05) is 0 Å². The molecule has 1 aliphatic heterocycles. The van der Waals surface area contributed by atoms with Crippen molar-refractivity contribution in [1.29, 1.82) is 0 Å². The predicted octanol–water partition coefficient (Wildman–Crippen LogP) is 2.35. The summed E-state index contributed by atoms with van der Waals surface area (Å²) in [4.78, 5) is 0. The molecule has 0 aromatic carbocycles. The molecule has 1 heterocycles. The quantitative estimate of drug-likeness (QED) is 0.733. The lowest BCUT2D eigenvalue weighted by Crippen LogP contribution is -2.39. The molecule has 13 heavy (non-hydrogen) atoms. The molecular formula is C11H22O2. The Morgan fingerprint density at radius 3 is 2.62 bits per heavy atom. The monoisotopic (exact) mass is 186 g/mol. The number of ether oxygens (including phenoxy) is 1. The van der Waals surface area contributed by atoms with Gasteiger partial charge in [-0.25, -0.2) is 0 Å². The normalized spacial score (nSPS) is 30.5. The fraction of sp³-hybridized carbons (Fsp3) is 1.00. The van der Waals surface area contributed by atoms with Crippen LogP contribution in [-0.4, -0.2) is 23.9 Å². The van der Waals surface area contributed by atoms with Crippen molar-refractivity contribution in [3.8, 4) is 0 Å². The van der Waals surface area contributed by atoms with Crippen molar-refractivity contribution in [1.82, 2.24) is 0 Å². The summed E-state index contributed by atoms with van der Waals surface area (Å²) in [6.45, 7) is 6.87. The molecule has 0 aromatic rings. The molecule has 2 heteroatoms. The summed E-state index contributed by atoms with van der Waals surface area (Å²) in [5, 5.41) is 9.02. The Hall–Kier alpha value is -0.0800. The van der Waals surface area contributed by atoms with E-state index in [1.165, 1.54) is 6.42 Å². The Morgan fingerprint density at radius 1 is 1.38 bits per heavy atom. The van der Waals surface area contributed by atoms with Crippen LogP contribution in [0.2, 0.25) is 0 Å². The summed E-state index contributed by atoms with van der Waals surface area (Å²) in [6, 6.07) is 0. The third kappa shape index (κ3) is 2.68. The van der Waals surface area contributed by atoms with E-state index < -0.39 is 0 Å². The van der Waals surface area contributed by atoms with Crippen LogP contribution in [0.3, 0.4) is 0 Å². The second-order valence-corrected chi connectivity index (χ2v) is 4.70. The molecule has 0 amide bonds. The second kappa shape index (κ2) is 4.43. The van der Waals surface area contributed by atoms with Gasteiger partial charge in [-0.3, -0.25) is 0 Å². The van der Waals surface area contributed by atoms with Gasteiger partial charge in [-0.1, -0.05) is 20.8 Å². The number of aliphatic hydroxyl groups is 1. The third-order valence-corrected chi connectivity index (χ3v) is 3.34. The van der Waals surface area contributed by atoms with E-state index in [0.717, 1.165) is 19.3 Å². The first-order chi connectivity index (χ1) is 6.10. The highest BCUT2D eigenvalue weighted by atomic mass is 16.5. The Bertz CT molecular complexity index is 154. The van der Waals surface area contributed by atoms with E-state index in [0.29, 0.717) is 6.10 Å². The molecule has 2 unspecified atom stereocenters. The molecule has 0 aromatic heterocycles. The minimum absolute atomic E-state index is 0.0876. The lowest BCUT2D eigenvalue weighted by molar-refractivity contribution is -0.119. The third-order valence-electron chi connectivity index (χ3n) is 3.34. The molecule has 78 valence electrons. The molecule has 1 N–H and O–H groups in total. The van der Waals surface area contributed by atoms with Crippen LogP contribution in [0.4, 0.5) is 0 Å². The Kier molecular flexibility index (Phi) is 3.74. The van der Waals surface area contributed by atoms with Crippen molar-refractivity contribution in [3.05, 3.63) is 0 Å². The van der Waals surface area contributed by atoms with Crippen LogP contribution in [0.15, 0.2) is 0 Å². The number of hydrogen-bond donors (Lipinski definition) is 1. The molecule has 0 aliphatic carbocycles. The average molecular weight is 186 g/mol. The topological polar surface area (TPSA) is 29.5 Å². The molecule has 1 aliphatic rings. The smallest absolute Gasteiger partial charge is 0.0809 e. The van der Waals surface area contributed by atoms with E-state index in [1.807, 2.05) is 0 Å². The summed E-state index contributed by atoms with van der Waals surface area (Å²) in [5.41, 5.74) is 0.258. The number of hydrogen-bond acceptors (Lipinski definition) is 2. The first kappa shape index (κ1) is 11.0. The van der Waals surface area contributed by atoms with Gasteiger partial charge in [0.05, 0.1) is 18.8 Å². The molecule has 0 radical (unpaired) electrons. The van der Waals surface area contributed by atoms with E-state index >= 15 is 0 Å². The fourth-order valence-corrected chi connectivity index (χ4v) is 1.84. The number of rotatable bonds is 3. The molecule has 0 bridgehead atoms. The summed E-state index contributed by atoms with van der Waals surface area (Å²) >= 11 is 0. The van der Waals surface area contributed by atoms with Gasteiger partial charge >= 0.3 is 0 Å². The van der Waals surface area contributed by atoms with Gasteiger partial charge in [0.25, 0.3) is 0 Å². The summed E-state index contributed by atoms with van der Waals surface area (Å²) in [5.74, 6) is 0. The maximum Gasteiger partial charge on any atom is 0.0809 e. The minimum Gasteiger partial charge on any atom is -0.394 e. The summed E-state index contributed by atoms with van der Waals surface area (Å²) in [6.07, 6.45) is 4.92. The van der Waals surface area contributed by atoms with Crippen molar-refractivity contribution in [2.45, 2.75) is 58.7 Å². The van der Waals surface area contributed by atoms with Crippen LogP contribution >= 0.6 is 0 Å². The summed E-state index contributed by atoms with van der Waals surface area (Å²) in [7, 11) is 0. The average Bonchev–Trinajstić information content (AvgIpc) is 2.18. The minimum atomic E-state index is 0.0876. The van der Waals surface area contributed by atoms with Crippen molar-refractivity contribution in [2.24, 2.45) is 5.41 Å². The lowest BCUT2D eigenvalue weighted by atomic mass is 9.80. The molecule has 0 spiro atoms. The lowest BCUT2D eigenvalue weighted by Gasteiger charge is -2.39. The van der Waals surface area contributed by atoms with E-state index in [2.05, 4.69) is 20.8 Å². The molecule has 0 saturated carbocycles. The Labute approximate surface area is 81.3 Å². The van der Waals surface area contributed by atoms with Gasteiger partial charge in [0.1, 0.15) is 0 Å². The van der Waals surface area contributed by atoms with Crippen LogP contribution in [0, 0.1) is 5.41 Å². The maximum absolute atomic E-state index is 9.02. The van der Waals surface area contributed by atoms with Crippen molar-refractivity contribution in [3.63, 3.8) is 0 Å². The van der Waals surface area contributed by atoms with Gasteiger partial charge in [0.15, 0.2) is 0 Å². The van der Waals surface area contributed by atoms with Crippen LogP contribution in [-0.2, 0) is 4.74 Å². The van der Waals surface area contributed by atoms with E-state index in [1.54, 1.807) is 0 Å². The molecule has 2 atom stereocenters. The second-order valence-electron chi connectivity index (χ2n) is 4.70. The molecule has 1 fully saturated rings. The van der Waals surface area contributed by atoms with Crippen molar-refractivity contribution >= 4 is 0 Å². The van der Waals surface area contributed by atoms with E-state index in [4.69, 9.17) is 9.84 Å². The zero-order valence-corrected chi connectivity index (χ0v) is 9.05. The molecule has 1 rings (SSSR count). The van der Waals surface area contributed by atoms with Gasteiger partial charge in [-0.15, -0.1) is 0 Å². The van der Waals surface area contributed by atoms with Crippen LogP contribution < -0.4 is 0 Å². The van der Waals surface area contributed by atoms with Gasteiger partial charge in [-0.2, -0.15) is 0 Å². The first-order valence-corrected chi connectivity index (χ1v) is 5.36. The van der Waals surface area contributed by atoms with Crippen LogP contribution in [0.5, 0.6) is 0 Å². The van der Waals surface area contributed by atoms with Gasteiger partial charge < -0.3 is 9.84 Å². The molecular weight excluding hydrogens is 164 g/mol. The highest BCUT2D eigenvalue weighted by Crippen LogP contribution is 2.34. The predicted molar refractivity (Wildman–Crippen MR) is 53.7 cm³/mol. The van der Waals surface area contributed by atoms with Crippen molar-refractivity contribution < 1.29 is 9.84 Å². The van der Waals surface area contributed by atoms with Gasteiger partial charge in [-0.05, 0) is 31.1 Å². The van der Waals surface area contributed by atoms with Crippen molar-refractivity contribution in [2.75, 3.05) is 6.61 Å². The summed E-state index contributed by atoms with van der Waals surface area (Å²) < 4.78 is 5.84. The maximum atomic E-state index is 9.02. The molecule has 1 saturated heterocycles.